The molecule has 1 atom stereocenters. The second-order valence-electron chi connectivity index (χ2n) is 4.39. The Morgan fingerprint density at radius 3 is 2.74 bits per heavy atom. The predicted octanol–water partition coefficient (Wildman–Crippen LogP) is -1.15. The standard InChI is InChI=1S/C10H19N3O5S/c1-3-4-5-12(2)19(17,18)13-7-9(14)11-6-8(13)10(15)16/h8H,3-7H2,1-2H3,(H,11,14)(H,15,16). The molecule has 8 nitrogen and oxygen atoms in total. The first-order valence-electron chi connectivity index (χ1n) is 6.03. The number of rotatable bonds is 6. The van der Waals surface area contributed by atoms with Crippen LogP contribution in [-0.4, -0.2) is 66.7 Å². The van der Waals surface area contributed by atoms with E-state index in [0.29, 0.717) is 13.0 Å². The normalized spacial score (nSPS) is 21.4. The zero-order valence-electron chi connectivity index (χ0n) is 11.0. The molecule has 0 saturated carbocycles. The van der Waals surface area contributed by atoms with E-state index >= 15 is 0 Å². The predicted molar refractivity (Wildman–Crippen MR) is 67.6 cm³/mol. The molecule has 1 amide bonds. The third-order valence-corrected chi connectivity index (χ3v) is 4.89. The van der Waals surface area contributed by atoms with Crippen LogP contribution in [0, 0.1) is 0 Å². The highest BCUT2D eigenvalue weighted by atomic mass is 32.2. The molecule has 110 valence electrons. The highest BCUT2D eigenvalue weighted by Gasteiger charge is 2.41. The molecular formula is C10H19N3O5S. The number of piperazine rings is 1. The van der Waals surface area contributed by atoms with Crippen LogP contribution in [0.15, 0.2) is 0 Å². The number of carboxylic acid groups (broad SMARTS) is 1. The topological polar surface area (TPSA) is 107 Å². The molecule has 0 aromatic carbocycles. The molecule has 0 aromatic rings. The van der Waals surface area contributed by atoms with Gasteiger partial charge in [0.2, 0.25) is 5.91 Å². The van der Waals surface area contributed by atoms with Gasteiger partial charge in [0, 0.05) is 20.1 Å². The molecule has 1 rings (SSSR count). The van der Waals surface area contributed by atoms with Gasteiger partial charge in [-0.2, -0.15) is 17.0 Å². The molecule has 0 aliphatic carbocycles. The van der Waals surface area contributed by atoms with Gasteiger partial charge in [0.25, 0.3) is 10.2 Å². The molecule has 2 N–H and O–H groups in total. The fourth-order valence-corrected chi connectivity index (χ4v) is 3.23. The Balaban J connectivity index is 2.94. The zero-order valence-corrected chi connectivity index (χ0v) is 11.8. The number of nitrogens with zero attached hydrogens (tertiary/aromatic N) is 2. The summed E-state index contributed by atoms with van der Waals surface area (Å²) in [7, 11) is -2.55. The second kappa shape index (κ2) is 6.31. The third kappa shape index (κ3) is 3.64. The van der Waals surface area contributed by atoms with Crippen LogP contribution in [0.3, 0.4) is 0 Å². The molecule has 1 saturated heterocycles. The van der Waals surface area contributed by atoms with Crippen molar-refractivity contribution in [2.24, 2.45) is 0 Å². The van der Waals surface area contributed by atoms with E-state index in [4.69, 9.17) is 5.11 Å². The van der Waals surface area contributed by atoms with Crippen LogP contribution in [0.4, 0.5) is 0 Å². The highest BCUT2D eigenvalue weighted by molar-refractivity contribution is 7.86. The zero-order chi connectivity index (χ0) is 14.6. The average Bonchev–Trinajstić information content (AvgIpc) is 2.35. The summed E-state index contributed by atoms with van der Waals surface area (Å²) in [6.07, 6.45) is 1.50. The Morgan fingerprint density at radius 1 is 1.58 bits per heavy atom. The number of unbranched alkanes of at least 4 members (excludes halogenated alkanes) is 1. The number of carbonyl (C=O) groups excluding carboxylic acids is 1. The lowest BCUT2D eigenvalue weighted by molar-refractivity contribution is -0.143. The third-order valence-electron chi connectivity index (χ3n) is 2.94. The van der Waals surface area contributed by atoms with Gasteiger partial charge in [-0.3, -0.25) is 9.59 Å². The van der Waals surface area contributed by atoms with Crippen LogP contribution in [0.2, 0.25) is 0 Å². The first-order chi connectivity index (χ1) is 8.80. The maximum Gasteiger partial charge on any atom is 0.323 e. The van der Waals surface area contributed by atoms with E-state index in [2.05, 4.69) is 5.32 Å². The van der Waals surface area contributed by atoms with Gasteiger partial charge in [-0.25, -0.2) is 0 Å². The van der Waals surface area contributed by atoms with Crippen LogP contribution in [0.25, 0.3) is 0 Å². The second-order valence-corrected chi connectivity index (χ2v) is 6.37. The molecule has 0 bridgehead atoms. The number of hydrogen-bond donors (Lipinski definition) is 2. The molecule has 1 aliphatic rings. The van der Waals surface area contributed by atoms with Crippen molar-refractivity contribution in [1.82, 2.24) is 13.9 Å². The fraction of sp³-hybridized carbons (Fsp3) is 0.800. The van der Waals surface area contributed by atoms with E-state index < -0.39 is 34.7 Å². The van der Waals surface area contributed by atoms with Gasteiger partial charge < -0.3 is 10.4 Å². The van der Waals surface area contributed by atoms with E-state index in [9.17, 15) is 18.0 Å². The van der Waals surface area contributed by atoms with E-state index in [0.717, 1.165) is 15.0 Å². The fourth-order valence-electron chi connectivity index (χ4n) is 1.75. The van der Waals surface area contributed by atoms with Gasteiger partial charge in [0.05, 0.1) is 6.54 Å². The Bertz CT molecular complexity index is 450. The molecule has 0 aromatic heterocycles. The molecule has 1 fully saturated rings. The monoisotopic (exact) mass is 293 g/mol. The summed E-state index contributed by atoms with van der Waals surface area (Å²) >= 11 is 0. The lowest BCUT2D eigenvalue weighted by atomic mass is 10.2. The van der Waals surface area contributed by atoms with Crippen LogP contribution >= 0.6 is 0 Å². The van der Waals surface area contributed by atoms with Crippen molar-refractivity contribution in [3.05, 3.63) is 0 Å². The minimum atomic E-state index is -3.94. The lowest BCUT2D eigenvalue weighted by Gasteiger charge is -2.34. The van der Waals surface area contributed by atoms with Gasteiger partial charge in [-0.05, 0) is 6.42 Å². The summed E-state index contributed by atoms with van der Waals surface area (Å²) in [6.45, 7) is 1.54. The van der Waals surface area contributed by atoms with Crippen molar-refractivity contribution in [1.29, 1.82) is 0 Å². The Morgan fingerprint density at radius 2 is 2.21 bits per heavy atom. The van der Waals surface area contributed by atoms with Crippen molar-refractivity contribution >= 4 is 22.1 Å². The van der Waals surface area contributed by atoms with Crippen molar-refractivity contribution in [2.45, 2.75) is 25.8 Å². The van der Waals surface area contributed by atoms with Gasteiger partial charge in [0.15, 0.2) is 0 Å². The number of aliphatic carboxylic acids is 1. The molecule has 1 aliphatic heterocycles. The maximum absolute atomic E-state index is 12.3. The van der Waals surface area contributed by atoms with Crippen LogP contribution in [0.5, 0.6) is 0 Å². The van der Waals surface area contributed by atoms with E-state index in [1.165, 1.54) is 7.05 Å². The van der Waals surface area contributed by atoms with Crippen LogP contribution < -0.4 is 5.32 Å². The molecule has 9 heteroatoms. The molecule has 1 unspecified atom stereocenters. The number of carbonyl (C=O) groups is 2. The van der Waals surface area contributed by atoms with Gasteiger partial charge in [0.1, 0.15) is 6.04 Å². The number of hydrogen-bond acceptors (Lipinski definition) is 4. The Labute approximate surface area is 112 Å². The SMILES string of the molecule is CCCCN(C)S(=O)(=O)N1CC(=O)NCC1C(=O)O. The highest BCUT2D eigenvalue weighted by Crippen LogP contribution is 2.14. The molecular weight excluding hydrogens is 274 g/mol. The van der Waals surface area contributed by atoms with E-state index in [1.54, 1.807) is 0 Å². The van der Waals surface area contributed by atoms with Crippen LogP contribution in [0.1, 0.15) is 19.8 Å². The Hall–Kier alpha value is -1.19. The smallest absolute Gasteiger partial charge is 0.323 e. The minimum Gasteiger partial charge on any atom is -0.480 e. The van der Waals surface area contributed by atoms with Crippen molar-refractivity contribution in [3.8, 4) is 0 Å². The summed E-state index contributed by atoms with van der Waals surface area (Å²) in [5.41, 5.74) is 0. The molecule has 1 heterocycles. The largest absolute Gasteiger partial charge is 0.480 e. The summed E-state index contributed by atoms with van der Waals surface area (Å²) in [6, 6.07) is -1.26. The minimum absolute atomic E-state index is 0.213. The summed E-state index contributed by atoms with van der Waals surface area (Å²) in [4.78, 5) is 22.4. The maximum atomic E-state index is 12.3. The molecule has 19 heavy (non-hydrogen) atoms. The summed E-state index contributed by atoms with van der Waals surface area (Å²) in [5, 5.41) is 11.4. The van der Waals surface area contributed by atoms with Gasteiger partial charge in [-0.1, -0.05) is 13.3 Å². The lowest BCUT2D eigenvalue weighted by Crippen LogP contribution is -2.61. The molecule has 0 radical (unpaired) electrons. The number of carboxylic acids is 1. The quantitative estimate of drug-likeness (QED) is 0.643. The van der Waals surface area contributed by atoms with E-state index in [-0.39, 0.29) is 6.54 Å². The first kappa shape index (κ1) is 15.9. The number of nitrogens with one attached hydrogen (secondary N) is 1. The van der Waals surface area contributed by atoms with Gasteiger partial charge >= 0.3 is 5.97 Å². The van der Waals surface area contributed by atoms with E-state index in [1.807, 2.05) is 6.92 Å². The summed E-state index contributed by atoms with van der Waals surface area (Å²) < 4.78 is 26.3. The van der Waals surface area contributed by atoms with Crippen molar-refractivity contribution < 1.29 is 23.1 Å². The van der Waals surface area contributed by atoms with Gasteiger partial charge in [-0.15, -0.1) is 0 Å². The average molecular weight is 293 g/mol. The Kier molecular flexibility index (Phi) is 5.27. The van der Waals surface area contributed by atoms with Crippen molar-refractivity contribution in [2.75, 3.05) is 26.7 Å². The number of amides is 1. The summed E-state index contributed by atoms with van der Waals surface area (Å²) in [5.74, 6) is -1.77. The van der Waals surface area contributed by atoms with Crippen molar-refractivity contribution in [3.63, 3.8) is 0 Å². The first-order valence-corrected chi connectivity index (χ1v) is 7.43. The van der Waals surface area contributed by atoms with Crippen LogP contribution in [-0.2, 0) is 19.8 Å². The molecule has 0 spiro atoms.